The van der Waals surface area contributed by atoms with Crippen molar-refractivity contribution in [2.24, 2.45) is 13.0 Å². The van der Waals surface area contributed by atoms with Gasteiger partial charge in [0.2, 0.25) is 5.91 Å². The number of likely N-dealkylation sites (tertiary alicyclic amines) is 1. The van der Waals surface area contributed by atoms with Crippen LogP contribution in [0, 0.1) is 5.92 Å². The molecule has 1 amide bonds. The molecule has 1 aliphatic carbocycles. The van der Waals surface area contributed by atoms with Crippen molar-refractivity contribution in [1.29, 1.82) is 0 Å². The van der Waals surface area contributed by atoms with Gasteiger partial charge < -0.3 is 10.2 Å². The van der Waals surface area contributed by atoms with Gasteiger partial charge in [0.1, 0.15) is 0 Å². The van der Waals surface area contributed by atoms with Crippen LogP contribution in [0.2, 0.25) is 0 Å². The number of carbonyl (C=O) groups is 1. The summed E-state index contributed by atoms with van der Waals surface area (Å²) in [4.78, 5) is 32.0. The van der Waals surface area contributed by atoms with Crippen LogP contribution < -0.4 is 11.0 Å². The molecule has 0 bridgehead atoms. The number of amides is 1. The van der Waals surface area contributed by atoms with Gasteiger partial charge in [-0.3, -0.25) is 14.0 Å². The quantitative estimate of drug-likeness (QED) is 0.534. The summed E-state index contributed by atoms with van der Waals surface area (Å²) in [7, 11) is 1.91. The zero-order valence-electron chi connectivity index (χ0n) is 19.3. The van der Waals surface area contributed by atoms with Gasteiger partial charge >= 0.3 is 5.69 Å². The summed E-state index contributed by atoms with van der Waals surface area (Å²) in [6.45, 7) is 7.62. The Bertz CT molecular complexity index is 1260. The molecule has 1 N–H and O–H groups in total. The zero-order valence-corrected chi connectivity index (χ0v) is 19.3. The fraction of sp³-hybridized carbons (Fsp3) is 0.500. The van der Waals surface area contributed by atoms with Gasteiger partial charge in [0, 0.05) is 51.2 Å². The maximum Gasteiger partial charge on any atom is 0.334 e. The van der Waals surface area contributed by atoms with E-state index in [1.54, 1.807) is 13.9 Å². The molecule has 4 heterocycles. The highest BCUT2D eigenvalue weighted by atomic mass is 16.2. The second kappa shape index (κ2) is 8.53. The predicted octanol–water partition coefficient (Wildman–Crippen LogP) is 2.84. The second-order valence-corrected chi connectivity index (χ2v) is 9.28. The van der Waals surface area contributed by atoms with Gasteiger partial charge in [0.25, 0.3) is 0 Å². The number of fused-ring (bicyclic) bond motifs is 1. The topological polar surface area (TPSA) is 89.5 Å². The number of nitrogens with zero attached hydrogens (tertiary/aromatic N) is 6. The number of carbonyl (C=O) groups excluding carboxylic acids is 1. The van der Waals surface area contributed by atoms with E-state index in [1.165, 1.54) is 6.08 Å². The largest absolute Gasteiger partial charge is 0.348 e. The molecule has 0 spiro atoms. The van der Waals surface area contributed by atoms with Crippen molar-refractivity contribution in [3.63, 3.8) is 0 Å². The number of anilines is 2. The van der Waals surface area contributed by atoms with Crippen LogP contribution in [0.15, 0.2) is 36.0 Å². The third kappa shape index (κ3) is 4.07. The standard InChI is InChI=1S/C24H31N7O2/c1-4-6-18-19(14-28(3)27-18)26-20-15-30(13-16-9-10-29(12-16)22(32)5-2)24(33)31-21(17-7-8-17)11-25-23(20)31/h5,11,14-17,26H,2,4,6-10,12-13H2,1,3H3. The van der Waals surface area contributed by atoms with Gasteiger partial charge in [-0.2, -0.15) is 5.10 Å². The highest BCUT2D eigenvalue weighted by Gasteiger charge is 2.30. The first kappa shape index (κ1) is 21.5. The number of hydrogen-bond donors (Lipinski definition) is 1. The molecular formula is C24H31N7O2. The van der Waals surface area contributed by atoms with E-state index in [0.29, 0.717) is 31.2 Å². The Kier molecular flexibility index (Phi) is 5.55. The van der Waals surface area contributed by atoms with Gasteiger partial charge in [0.05, 0.1) is 22.8 Å². The third-order valence-corrected chi connectivity index (χ3v) is 6.64. The van der Waals surface area contributed by atoms with Crippen molar-refractivity contribution in [1.82, 2.24) is 28.6 Å². The number of nitrogens with one attached hydrogen (secondary N) is 1. The molecule has 5 rings (SSSR count). The Balaban J connectivity index is 1.52. The van der Waals surface area contributed by atoms with Crippen LogP contribution in [0.4, 0.5) is 11.4 Å². The Morgan fingerprint density at radius 1 is 1.27 bits per heavy atom. The van der Waals surface area contributed by atoms with Crippen LogP contribution in [0.5, 0.6) is 0 Å². The lowest BCUT2D eigenvalue weighted by atomic mass is 10.1. The monoisotopic (exact) mass is 449 g/mol. The van der Waals surface area contributed by atoms with E-state index >= 15 is 0 Å². The van der Waals surface area contributed by atoms with Crippen LogP contribution in [-0.4, -0.2) is 47.6 Å². The average molecular weight is 450 g/mol. The Hall–Kier alpha value is -3.36. The van der Waals surface area contributed by atoms with Crippen LogP contribution in [-0.2, 0) is 24.8 Å². The number of imidazole rings is 1. The molecule has 3 aromatic rings. The normalized spacial score (nSPS) is 18.2. The van der Waals surface area contributed by atoms with E-state index in [0.717, 1.165) is 54.9 Å². The lowest BCUT2D eigenvalue weighted by molar-refractivity contribution is -0.125. The Labute approximate surface area is 192 Å². The van der Waals surface area contributed by atoms with Crippen LogP contribution in [0.3, 0.4) is 0 Å². The van der Waals surface area contributed by atoms with Gasteiger partial charge in [-0.15, -0.1) is 0 Å². The molecule has 2 fully saturated rings. The fourth-order valence-corrected chi connectivity index (χ4v) is 4.83. The summed E-state index contributed by atoms with van der Waals surface area (Å²) in [5.74, 6) is 0.574. The predicted molar refractivity (Wildman–Crippen MR) is 127 cm³/mol. The maximum atomic E-state index is 13.5. The molecule has 9 heteroatoms. The molecular weight excluding hydrogens is 418 g/mol. The minimum Gasteiger partial charge on any atom is -0.348 e. The molecule has 1 saturated heterocycles. The lowest BCUT2D eigenvalue weighted by Crippen LogP contribution is -2.32. The average Bonchev–Trinajstić information content (AvgIpc) is 3.20. The number of aryl methyl sites for hydroxylation is 2. The molecule has 2 aliphatic rings. The Morgan fingerprint density at radius 3 is 2.82 bits per heavy atom. The third-order valence-electron chi connectivity index (χ3n) is 6.64. The minimum atomic E-state index is -0.0663. The molecule has 174 valence electrons. The van der Waals surface area contributed by atoms with Crippen LogP contribution in [0.25, 0.3) is 5.65 Å². The molecule has 0 radical (unpaired) electrons. The van der Waals surface area contributed by atoms with Crippen molar-refractivity contribution in [2.45, 2.75) is 51.5 Å². The second-order valence-electron chi connectivity index (χ2n) is 9.28. The van der Waals surface area contributed by atoms with Crippen LogP contribution in [0.1, 0.15) is 49.9 Å². The SMILES string of the molecule is C=CC(=O)N1CCC(Cn2cc(Nc3cn(C)nc3CCC)c3ncc(C4CC4)n3c2=O)C1. The molecule has 1 saturated carbocycles. The van der Waals surface area contributed by atoms with E-state index in [9.17, 15) is 9.59 Å². The summed E-state index contributed by atoms with van der Waals surface area (Å²) in [6.07, 6.45) is 12.0. The minimum absolute atomic E-state index is 0.0479. The number of rotatable bonds is 8. The van der Waals surface area contributed by atoms with Crippen molar-refractivity contribution in [3.8, 4) is 0 Å². The fourth-order valence-electron chi connectivity index (χ4n) is 4.83. The zero-order chi connectivity index (χ0) is 23.1. The first-order valence-electron chi connectivity index (χ1n) is 11.8. The van der Waals surface area contributed by atoms with Gasteiger partial charge in [-0.05, 0) is 37.7 Å². The van der Waals surface area contributed by atoms with E-state index in [1.807, 2.05) is 30.3 Å². The summed E-state index contributed by atoms with van der Waals surface area (Å²) >= 11 is 0. The smallest absolute Gasteiger partial charge is 0.334 e. The van der Waals surface area contributed by atoms with E-state index < -0.39 is 0 Å². The Morgan fingerprint density at radius 2 is 2.09 bits per heavy atom. The van der Waals surface area contributed by atoms with Crippen molar-refractivity contribution in [2.75, 3.05) is 18.4 Å². The number of hydrogen-bond acceptors (Lipinski definition) is 5. The molecule has 1 unspecified atom stereocenters. The molecule has 0 aromatic carbocycles. The molecule has 3 aromatic heterocycles. The van der Waals surface area contributed by atoms with Crippen molar-refractivity contribution >= 4 is 22.9 Å². The molecule has 1 atom stereocenters. The highest BCUT2D eigenvalue weighted by molar-refractivity contribution is 5.87. The van der Waals surface area contributed by atoms with Gasteiger partial charge in [-0.1, -0.05) is 19.9 Å². The molecule has 33 heavy (non-hydrogen) atoms. The van der Waals surface area contributed by atoms with Gasteiger partial charge in [0.15, 0.2) is 5.65 Å². The molecule has 9 nitrogen and oxygen atoms in total. The highest BCUT2D eigenvalue weighted by Crippen LogP contribution is 2.40. The summed E-state index contributed by atoms with van der Waals surface area (Å²) < 4.78 is 5.37. The van der Waals surface area contributed by atoms with E-state index in [2.05, 4.69) is 28.9 Å². The summed E-state index contributed by atoms with van der Waals surface area (Å²) in [5.41, 5.74) is 4.30. The first-order chi connectivity index (χ1) is 16.0. The molecule has 1 aliphatic heterocycles. The van der Waals surface area contributed by atoms with Crippen molar-refractivity contribution in [3.05, 3.63) is 53.1 Å². The maximum absolute atomic E-state index is 13.5. The van der Waals surface area contributed by atoms with Crippen molar-refractivity contribution < 1.29 is 4.79 Å². The number of aromatic nitrogens is 5. The lowest BCUT2D eigenvalue weighted by Gasteiger charge is -2.17. The van der Waals surface area contributed by atoms with E-state index in [-0.39, 0.29) is 17.5 Å². The summed E-state index contributed by atoms with van der Waals surface area (Å²) in [5, 5.41) is 8.11. The van der Waals surface area contributed by atoms with Crippen LogP contribution >= 0.6 is 0 Å². The summed E-state index contributed by atoms with van der Waals surface area (Å²) in [6, 6.07) is 0. The first-order valence-corrected chi connectivity index (χ1v) is 11.8. The van der Waals surface area contributed by atoms with E-state index in [4.69, 9.17) is 0 Å². The van der Waals surface area contributed by atoms with Gasteiger partial charge in [-0.25, -0.2) is 14.2 Å².